The number of nitrogens with zero attached hydrogens (tertiary/aromatic N) is 3. The fourth-order valence-electron chi connectivity index (χ4n) is 10.8. The Kier molecular flexibility index (Phi) is 18.7. The van der Waals surface area contributed by atoms with Gasteiger partial charge in [-0.3, -0.25) is 32.4 Å². The first-order valence-electron chi connectivity index (χ1n) is 25.7. The number of nitrogens with one attached hydrogen (secondary N) is 2. The van der Waals surface area contributed by atoms with Crippen molar-refractivity contribution in [1.82, 2.24) is 15.6 Å². The molecule has 0 aliphatic carbocycles. The Hall–Kier alpha value is -6.10. The molecule has 0 saturated carbocycles. The summed E-state index contributed by atoms with van der Waals surface area (Å²) in [6, 6.07) is 15.5. The number of anilines is 1. The quantitative estimate of drug-likeness (QED) is 0.0225. The van der Waals surface area contributed by atoms with E-state index in [0.29, 0.717) is 63.0 Å². The van der Waals surface area contributed by atoms with Crippen molar-refractivity contribution in [3.63, 3.8) is 0 Å². The largest absolute Gasteiger partial charge is 0.748 e. The molecular formula is C52H61N5O20S6. The third-order valence-electron chi connectivity index (χ3n) is 14.4. The molecular weight excluding hydrogens is 1210 g/mol. The van der Waals surface area contributed by atoms with Crippen LogP contribution in [-0.2, 0) is 71.5 Å². The Balaban J connectivity index is 1.41. The second-order valence-corrected chi connectivity index (χ2v) is 29.9. The molecule has 2 amide bonds. The summed E-state index contributed by atoms with van der Waals surface area (Å²) in [4.78, 5) is 31.7. The number of benzene rings is 4. The van der Waals surface area contributed by atoms with E-state index in [1.165, 1.54) is 48.5 Å². The number of amides is 2. The number of hydrogen-bond donors (Lipinski definition) is 7. The van der Waals surface area contributed by atoms with Gasteiger partial charge in [-0.25, -0.2) is 13.4 Å². The number of pyridine rings is 1. The molecule has 0 radical (unpaired) electrons. The molecule has 0 bridgehead atoms. The van der Waals surface area contributed by atoms with E-state index in [1.54, 1.807) is 47.9 Å². The van der Waals surface area contributed by atoms with Crippen LogP contribution in [0.2, 0.25) is 0 Å². The summed E-state index contributed by atoms with van der Waals surface area (Å²) in [5.41, 5.74) is -0.0202. The zero-order valence-electron chi connectivity index (χ0n) is 45.1. The van der Waals surface area contributed by atoms with Gasteiger partial charge in [-0.05, 0) is 108 Å². The van der Waals surface area contributed by atoms with E-state index < -0.39 is 141 Å². The third-order valence-corrected chi connectivity index (χ3v) is 19.2. The summed E-state index contributed by atoms with van der Waals surface area (Å²) >= 11 is 0. The maximum Gasteiger partial charge on any atom is 0.295 e. The maximum absolute atomic E-state index is 13.6. The molecule has 0 saturated heterocycles. The Morgan fingerprint density at radius 1 is 0.651 bits per heavy atom. The number of aromatic nitrogens is 1. The number of rotatable bonds is 25. The Labute approximate surface area is 481 Å². The molecule has 83 heavy (non-hydrogen) atoms. The molecule has 1 aromatic heterocycles. The minimum atomic E-state index is -5.08. The van der Waals surface area contributed by atoms with Crippen LogP contribution in [0.5, 0.6) is 0 Å². The lowest BCUT2D eigenvalue weighted by Gasteiger charge is -2.27. The molecule has 2 aliphatic rings. The highest BCUT2D eigenvalue weighted by atomic mass is 32.2. The monoisotopic (exact) mass is 1270 g/mol. The van der Waals surface area contributed by atoms with Crippen LogP contribution in [-0.4, -0.2) is 154 Å². The molecule has 5 aromatic rings. The number of hydrogen-bond acceptors (Lipinski definition) is 17. The number of fused-ring (bicyclic) bond motifs is 6. The molecule has 31 heteroatoms. The highest BCUT2D eigenvalue weighted by Crippen LogP contribution is 2.53. The Morgan fingerprint density at radius 2 is 1.25 bits per heavy atom. The summed E-state index contributed by atoms with van der Waals surface area (Å²) in [6.07, 6.45) is 6.97. The zero-order chi connectivity index (χ0) is 61.5. The van der Waals surface area contributed by atoms with Gasteiger partial charge in [0.15, 0.2) is 5.71 Å². The Bertz CT molecular complexity index is 4210. The predicted octanol–water partition coefficient (Wildman–Crippen LogP) is 5.17. The molecule has 3 heterocycles. The van der Waals surface area contributed by atoms with Gasteiger partial charge in [0.1, 0.15) is 22.8 Å². The molecule has 0 fully saturated rings. The first kappa shape index (κ1) is 64.5. The summed E-state index contributed by atoms with van der Waals surface area (Å²) in [7, 11) is -28.1. The first-order chi connectivity index (χ1) is 38.3. The normalized spacial score (nSPS) is 17.2. The van der Waals surface area contributed by atoms with Crippen LogP contribution < -0.4 is 15.5 Å². The lowest BCUT2D eigenvalue weighted by molar-refractivity contribution is -0.437. The van der Waals surface area contributed by atoms with E-state index in [2.05, 4.69) is 15.6 Å². The highest BCUT2D eigenvalue weighted by Gasteiger charge is 2.49. The molecule has 4 aromatic carbocycles. The van der Waals surface area contributed by atoms with Gasteiger partial charge in [-0.1, -0.05) is 57.9 Å². The zero-order valence-corrected chi connectivity index (χ0v) is 50.0. The van der Waals surface area contributed by atoms with Crippen LogP contribution in [0.25, 0.3) is 32.7 Å². The van der Waals surface area contributed by atoms with E-state index in [1.807, 2.05) is 25.7 Å². The van der Waals surface area contributed by atoms with Crippen molar-refractivity contribution in [1.29, 1.82) is 0 Å². The Morgan fingerprint density at radius 3 is 1.81 bits per heavy atom. The summed E-state index contributed by atoms with van der Waals surface area (Å²) in [5.74, 6) is -5.22. The van der Waals surface area contributed by atoms with E-state index in [0.717, 1.165) is 12.8 Å². The van der Waals surface area contributed by atoms with Crippen molar-refractivity contribution < 1.29 is 92.0 Å². The van der Waals surface area contributed by atoms with Crippen LogP contribution in [0.15, 0.2) is 100 Å². The molecule has 0 spiro atoms. The van der Waals surface area contributed by atoms with Crippen molar-refractivity contribution in [2.24, 2.45) is 0 Å². The van der Waals surface area contributed by atoms with Crippen molar-refractivity contribution >= 4 is 111 Å². The second-order valence-electron chi connectivity index (χ2n) is 20.8. The lowest BCUT2D eigenvalue weighted by atomic mass is 9.74. The van der Waals surface area contributed by atoms with E-state index >= 15 is 0 Å². The lowest BCUT2D eigenvalue weighted by Crippen LogP contribution is -2.32. The van der Waals surface area contributed by atoms with Crippen LogP contribution in [0.4, 0.5) is 11.4 Å². The van der Waals surface area contributed by atoms with E-state index in [4.69, 9.17) is 0 Å². The molecule has 450 valence electrons. The molecule has 25 nitrogen and oxygen atoms in total. The average Bonchev–Trinajstić information content (AvgIpc) is 2.33. The fraction of sp³-hybridized carbons (Fsp3) is 0.385. The van der Waals surface area contributed by atoms with E-state index in [-0.39, 0.29) is 42.3 Å². The number of carbonyl (C=O) groups excluding carboxylic acids is 2. The van der Waals surface area contributed by atoms with Gasteiger partial charge < -0.3 is 20.1 Å². The molecule has 1 atom stereocenters. The number of carbonyl (C=O) groups is 2. The average molecular weight is 1270 g/mol. The highest BCUT2D eigenvalue weighted by molar-refractivity contribution is 7.87. The van der Waals surface area contributed by atoms with Gasteiger partial charge in [0.2, 0.25) is 5.69 Å². The second kappa shape index (κ2) is 24.1. The van der Waals surface area contributed by atoms with Gasteiger partial charge in [0, 0.05) is 71.7 Å². The van der Waals surface area contributed by atoms with E-state index in [9.17, 15) is 87.4 Å². The minimum absolute atomic E-state index is 0.00465. The topological polar surface area (TPSA) is 406 Å². The van der Waals surface area contributed by atoms with Gasteiger partial charge in [0.25, 0.3) is 62.4 Å². The van der Waals surface area contributed by atoms with Crippen molar-refractivity contribution in [3.8, 4) is 11.1 Å². The van der Waals surface area contributed by atoms with Gasteiger partial charge in [-0.15, -0.1) is 0 Å². The first-order valence-corrected chi connectivity index (χ1v) is 34.9. The van der Waals surface area contributed by atoms with Crippen LogP contribution in [0.1, 0.15) is 98.3 Å². The molecule has 2 aliphatic heterocycles. The van der Waals surface area contributed by atoms with Crippen molar-refractivity contribution in [2.75, 3.05) is 54.1 Å². The van der Waals surface area contributed by atoms with Crippen LogP contribution in [0, 0.1) is 0 Å². The SMILES string of the molecule is CCCCCN1/C(=C/C=C/C2=[N+](CCCS(=O)(=O)[O-])c3ccc4ccc(S(=O)(=O)O)cc4c3C2(C)CCCS(=O)(=O)O)C(C)(C)c2c1cc(S(=O)(=O)O)c1cc(-c3cc(C(=O)NCCS(=O)(=O)O)nc(C(=O)NCCS(=O)(=O)O)c3)ccc21. The van der Waals surface area contributed by atoms with Crippen LogP contribution >= 0.6 is 0 Å². The molecule has 1 unspecified atom stereocenters. The molecule has 7 N–H and O–H groups in total. The van der Waals surface area contributed by atoms with Crippen LogP contribution in [0.3, 0.4) is 0 Å². The van der Waals surface area contributed by atoms with Crippen molar-refractivity contribution in [2.45, 2.75) is 86.8 Å². The minimum Gasteiger partial charge on any atom is -0.748 e. The third kappa shape index (κ3) is 15.2. The summed E-state index contributed by atoms with van der Waals surface area (Å²) < 4.78 is 209. The van der Waals surface area contributed by atoms with Crippen molar-refractivity contribution in [3.05, 3.63) is 113 Å². The predicted molar refractivity (Wildman–Crippen MR) is 307 cm³/mol. The number of allylic oxidation sites excluding steroid dienone is 4. The van der Waals surface area contributed by atoms with Gasteiger partial charge in [0.05, 0.1) is 37.7 Å². The summed E-state index contributed by atoms with van der Waals surface area (Å²) in [5, 5.41) is 5.72. The standard InChI is InChI=1S/C52H61N5O20S6/c1-5-6-7-22-57-43-32-44(83(75,76)77)39-28-34(35-29-40(49(58)53-20-26-80(66,67)68)55-41(30-35)50(59)54-21-27-81(69,70)71)14-17-37(39)47(43)51(2,3)45(57)11-8-12-46-52(4,19-9-24-78(60,61)62)48-38-31-36(82(72,73)74)16-13-33(38)15-18-42(48)56(46)23-10-25-79(63,64)65/h8,11-18,28-32H,5-7,9-10,19-27H2,1-4H3,(H7-,53,54,58,59,60,61,62,63,64,65,66,67,68,69,70,71,72,73,74,75,76,77). The maximum atomic E-state index is 13.6. The molecule has 7 rings (SSSR count). The van der Waals surface area contributed by atoms with Gasteiger partial charge >= 0.3 is 0 Å². The van der Waals surface area contributed by atoms with Gasteiger partial charge in [-0.2, -0.15) is 46.7 Å². The fourth-order valence-corrected chi connectivity index (χ4v) is 13.7. The number of unbranched alkanes of at least 4 members (excludes halogenated alkanes) is 2. The summed E-state index contributed by atoms with van der Waals surface area (Å²) in [6.45, 7) is 6.58. The smallest absolute Gasteiger partial charge is 0.295 e.